The molecule has 0 unspecified atom stereocenters. The Morgan fingerprint density at radius 2 is 1.94 bits per heavy atom. The highest BCUT2D eigenvalue weighted by molar-refractivity contribution is 5.85. The number of aromatic amines is 1. The lowest BCUT2D eigenvalue weighted by atomic mass is 9.71. The van der Waals surface area contributed by atoms with Crippen LogP contribution in [0.3, 0.4) is 0 Å². The highest BCUT2D eigenvalue weighted by Crippen LogP contribution is 2.49. The van der Waals surface area contributed by atoms with Crippen molar-refractivity contribution >= 4 is 10.9 Å². The first-order valence-corrected chi connectivity index (χ1v) is 7.36. The maximum Gasteiger partial charge on any atom is 0.0459 e. The highest BCUT2D eigenvalue weighted by atomic mass is 14.7. The average Bonchev–Trinajstić information content (AvgIpc) is 2.95. The molecule has 1 saturated carbocycles. The number of hydrogen-bond donors (Lipinski definition) is 1. The minimum atomic E-state index is 0.659. The summed E-state index contributed by atoms with van der Waals surface area (Å²) in [4.78, 5) is 3.65. The van der Waals surface area contributed by atoms with E-state index in [4.69, 9.17) is 0 Å². The molecule has 1 N–H and O–H groups in total. The first kappa shape index (κ1) is 10.7. The van der Waals surface area contributed by atoms with Gasteiger partial charge in [-0.2, -0.15) is 0 Å². The minimum absolute atomic E-state index is 0.659. The van der Waals surface area contributed by atoms with E-state index in [-0.39, 0.29) is 0 Å². The second-order valence-corrected chi connectivity index (χ2v) is 6.52. The summed E-state index contributed by atoms with van der Waals surface area (Å²) in [7, 11) is 0. The van der Waals surface area contributed by atoms with E-state index < -0.39 is 0 Å². The van der Waals surface area contributed by atoms with Crippen molar-refractivity contribution in [3.8, 4) is 0 Å². The van der Waals surface area contributed by atoms with Crippen LogP contribution in [-0.4, -0.2) is 4.98 Å². The van der Waals surface area contributed by atoms with Gasteiger partial charge >= 0.3 is 0 Å². The molecule has 1 fully saturated rings. The lowest BCUT2D eigenvalue weighted by Gasteiger charge is -2.33. The molecular weight excluding hydrogens is 218 g/mol. The van der Waals surface area contributed by atoms with Gasteiger partial charge in [-0.15, -0.1) is 0 Å². The predicted octanol–water partition coefficient (Wildman–Crippen LogP) is 4.53. The average molecular weight is 239 g/mol. The Balaban J connectivity index is 1.86. The molecular formula is C17H21N. The van der Waals surface area contributed by atoms with E-state index in [1.807, 2.05) is 0 Å². The number of rotatable bonds is 0. The molecule has 1 aromatic carbocycles. The highest BCUT2D eigenvalue weighted by Gasteiger charge is 2.38. The maximum absolute atomic E-state index is 3.65. The fourth-order valence-corrected chi connectivity index (χ4v) is 4.24. The van der Waals surface area contributed by atoms with Crippen molar-refractivity contribution in [1.29, 1.82) is 0 Å². The zero-order valence-electron chi connectivity index (χ0n) is 11.2. The fraction of sp³-hybridized carbons (Fsp3) is 0.529. The number of benzene rings is 1. The van der Waals surface area contributed by atoms with Gasteiger partial charge < -0.3 is 4.98 Å². The second-order valence-electron chi connectivity index (χ2n) is 6.52. The van der Waals surface area contributed by atoms with E-state index in [2.05, 4.69) is 30.1 Å². The summed E-state index contributed by atoms with van der Waals surface area (Å²) in [6.45, 7) is 2.20. The third-order valence-electron chi connectivity index (χ3n) is 5.27. The topological polar surface area (TPSA) is 15.8 Å². The van der Waals surface area contributed by atoms with Gasteiger partial charge in [0.1, 0.15) is 0 Å². The number of fused-ring (bicyclic) bond motifs is 3. The van der Waals surface area contributed by atoms with Gasteiger partial charge in [-0.3, -0.25) is 0 Å². The first-order chi connectivity index (χ1) is 8.76. The van der Waals surface area contributed by atoms with Crippen LogP contribution in [0.15, 0.2) is 18.2 Å². The zero-order chi connectivity index (χ0) is 12.2. The molecule has 1 aromatic heterocycles. The Kier molecular flexibility index (Phi) is 2.15. The van der Waals surface area contributed by atoms with Crippen molar-refractivity contribution < 1.29 is 0 Å². The lowest BCUT2D eigenvalue weighted by Crippen LogP contribution is -2.25. The number of aromatic nitrogens is 1. The largest absolute Gasteiger partial charge is 0.358 e. The van der Waals surface area contributed by atoms with Crippen molar-refractivity contribution in [2.24, 2.45) is 5.41 Å². The van der Waals surface area contributed by atoms with Gasteiger partial charge in [0.05, 0.1) is 0 Å². The molecule has 0 bridgehead atoms. The lowest BCUT2D eigenvalue weighted by molar-refractivity contribution is 0.255. The van der Waals surface area contributed by atoms with Gasteiger partial charge in [0, 0.05) is 16.6 Å². The molecule has 1 heterocycles. The minimum Gasteiger partial charge on any atom is -0.358 e. The van der Waals surface area contributed by atoms with Crippen LogP contribution in [0.5, 0.6) is 0 Å². The first-order valence-electron chi connectivity index (χ1n) is 7.36. The Morgan fingerprint density at radius 1 is 1.11 bits per heavy atom. The van der Waals surface area contributed by atoms with Gasteiger partial charge in [0.25, 0.3) is 0 Å². The number of H-pyrrole nitrogens is 1. The van der Waals surface area contributed by atoms with Crippen molar-refractivity contribution in [3.63, 3.8) is 0 Å². The van der Waals surface area contributed by atoms with Gasteiger partial charge in [-0.05, 0) is 62.1 Å². The molecule has 1 heteroatoms. The molecule has 18 heavy (non-hydrogen) atoms. The summed E-state index contributed by atoms with van der Waals surface area (Å²) in [5.74, 6) is 0. The normalized spacial score (nSPS) is 21.6. The van der Waals surface area contributed by atoms with Crippen LogP contribution in [0.4, 0.5) is 0 Å². The predicted molar refractivity (Wildman–Crippen MR) is 76.0 cm³/mol. The van der Waals surface area contributed by atoms with Crippen molar-refractivity contribution in [2.45, 2.75) is 51.9 Å². The van der Waals surface area contributed by atoms with E-state index >= 15 is 0 Å². The third kappa shape index (κ3) is 1.46. The van der Waals surface area contributed by atoms with Crippen molar-refractivity contribution in [1.82, 2.24) is 4.98 Å². The molecule has 0 saturated heterocycles. The van der Waals surface area contributed by atoms with Gasteiger partial charge in [0.2, 0.25) is 0 Å². The van der Waals surface area contributed by atoms with E-state index in [0.29, 0.717) is 5.41 Å². The standard InChI is InChI=1S/C17H21N/c1-12-4-5-15-13(10-12)14-11-17(7-2-3-8-17)9-6-16(14)18-15/h4-5,10,18H,2-3,6-9,11H2,1H3. The van der Waals surface area contributed by atoms with Crippen LogP contribution in [0.2, 0.25) is 0 Å². The van der Waals surface area contributed by atoms with Crippen LogP contribution in [0.1, 0.15) is 48.9 Å². The van der Waals surface area contributed by atoms with E-state index in [1.165, 1.54) is 67.1 Å². The third-order valence-corrected chi connectivity index (χ3v) is 5.27. The number of nitrogens with one attached hydrogen (secondary N) is 1. The van der Waals surface area contributed by atoms with E-state index in [0.717, 1.165) is 0 Å². The Labute approximate surface area is 109 Å². The van der Waals surface area contributed by atoms with Crippen LogP contribution >= 0.6 is 0 Å². The van der Waals surface area contributed by atoms with Crippen molar-refractivity contribution in [3.05, 3.63) is 35.0 Å². The van der Waals surface area contributed by atoms with Crippen molar-refractivity contribution in [2.75, 3.05) is 0 Å². The molecule has 0 amide bonds. The summed E-state index contributed by atoms with van der Waals surface area (Å²) in [5, 5.41) is 1.50. The van der Waals surface area contributed by atoms with E-state index in [9.17, 15) is 0 Å². The number of hydrogen-bond acceptors (Lipinski definition) is 0. The summed E-state index contributed by atoms with van der Waals surface area (Å²) in [6, 6.07) is 6.85. The zero-order valence-corrected chi connectivity index (χ0v) is 11.2. The fourth-order valence-electron chi connectivity index (χ4n) is 4.24. The smallest absolute Gasteiger partial charge is 0.0459 e. The second kappa shape index (κ2) is 3.63. The van der Waals surface area contributed by atoms with Crippen LogP contribution in [0.25, 0.3) is 10.9 Å². The molecule has 1 spiro atoms. The molecule has 0 radical (unpaired) electrons. The molecule has 2 aliphatic rings. The number of aryl methyl sites for hydroxylation is 2. The molecule has 0 atom stereocenters. The van der Waals surface area contributed by atoms with Gasteiger partial charge in [-0.1, -0.05) is 24.5 Å². The van der Waals surface area contributed by atoms with Crippen LogP contribution < -0.4 is 0 Å². The maximum atomic E-state index is 3.65. The Bertz CT molecular complexity index is 599. The Hall–Kier alpha value is -1.24. The summed E-state index contributed by atoms with van der Waals surface area (Å²) in [5.41, 5.74) is 6.55. The van der Waals surface area contributed by atoms with Crippen LogP contribution in [-0.2, 0) is 12.8 Å². The van der Waals surface area contributed by atoms with Gasteiger partial charge in [0.15, 0.2) is 0 Å². The SMILES string of the molecule is Cc1ccc2[nH]c3c(c2c1)CC1(CCCC1)CC3. The molecule has 1 nitrogen and oxygen atoms in total. The molecule has 94 valence electrons. The van der Waals surface area contributed by atoms with E-state index in [1.54, 1.807) is 5.56 Å². The summed E-state index contributed by atoms with van der Waals surface area (Å²) < 4.78 is 0. The monoisotopic (exact) mass is 239 g/mol. The quantitative estimate of drug-likeness (QED) is 0.695. The summed E-state index contributed by atoms with van der Waals surface area (Å²) >= 11 is 0. The molecule has 2 aliphatic carbocycles. The molecule has 4 rings (SSSR count). The molecule has 2 aromatic rings. The molecule has 0 aliphatic heterocycles. The van der Waals surface area contributed by atoms with Gasteiger partial charge in [-0.25, -0.2) is 0 Å². The van der Waals surface area contributed by atoms with Crippen LogP contribution in [0, 0.1) is 12.3 Å². The summed E-state index contributed by atoms with van der Waals surface area (Å²) in [6.07, 6.45) is 9.84. The Morgan fingerprint density at radius 3 is 2.78 bits per heavy atom.